The van der Waals surface area contributed by atoms with Crippen molar-refractivity contribution in [3.05, 3.63) is 45.8 Å². The topological polar surface area (TPSA) is 52.6 Å². The fraction of sp³-hybridized carbons (Fsp3) is 0.474. The highest BCUT2D eigenvalue weighted by molar-refractivity contribution is 14.0. The molecule has 0 radical (unpaired) electrons. The lowest BCUT2D eigenvalue weighted by Crippen LogP contribution is -2.43. The highest BCUT2D eigenvalue weighted by Crippen LogP contribution is 2.16. The van der Waals surface area contributed by atoms with Crippen molar-refractivity contribution in [2.24, 2.45) is 4.99 Å². The van der Waals surface area contributed by atoms with Gasteiger partial charge in [-0.15, -0.1) is 35.3 Å². The van der Waals surface area contributed by atoms with Crippen LogP contribution in [-0.4, -0.2) is 37.6 Å². The van der Waals surface area contributed by atoms with E-state index in [9.17, 15) is 0 Å². The fourth-order valence-electron chi connectivity index (χ4n) is 2.47. The van der Waals surface area contributed by atoms with Crippen molar-refractivity contribution in [1.82, 2.24) is 15.6 Å². The number of nitrogens with zero attached hydrogens (tertiary/aromatic N) is 3. The van der Waals surface area contributed by atoms with E-state index in [2.05, 4.69) is 53.5 Å². The van der Waals surface area contributed by atoms with Gasteiger partial charge in [0.2, 0.25) is 0 Å². The van der Waals surface area contributed by atoms with Gasteiger partial charge in [0.15, 0.2) is 5.96 Å². The number of hydrogen-bond acceptors (Lipinski definition) is 4. The third kappa shape index (κ3) is 7.49. The molecule has 7 heteroatoms. The zero-order chi connectivity index (χ0) is 18.2. The van der Waals surface area contributed by atoms with Crippen LogP contribution in [0, 0.1) is 6.92 Å². The van der Waals surface area contributed by atoms with Gasteiger partial charge in [-0.3, -0.25) is 0 Å². The van der Waals surface area contributed by atoms with Crippen molar-refractivity contribution >= 4 is 47.1 Å². The number of aliphatic imine (C=N–C) groups is 1. The quantitative estimate of drug-likeness (QED) is 0.354. The Kier molecular flexibility index (Phi) is 9.93. The molecule has 0 amide bonds. The Bertz CT molecular complexity index is 699. The van der Waals surface area contributed by atoms with Gasteiger partial charge in [-0.2, -0.15) is 0 Å². The number of nitrogens with one attached hydrogen (secondary N) is 2. The molecule has 144 valence electrons. The number of halogens is 1. The first-order valence-corrected chi connectivity index (χ1v) is 9.53. The summed E-state index contributed by atoms with van der Waals surface area (Å²) >= 11 is 1.86. The molecule has 1 atom stereocenters. The number of aryl methyl sites for hydroxylation is 1. The first-order valence-electron chi connectivity index (χ1n) is 8.71. The lowest BCUT2D eigenvalue weighted by atomic mass is 10.2. The van der Waals surface area contributed by atoms with E-state index < -0.39 is 0 Å². The molecule has 0 spiro atoms. The van der Waals surface area contributed by atoms with Crippen LogP contribution >= 0.6 is 35.3 Å². The normalized spacial score (nSPS) is 12.3. The lowest BCUT2D eigenvalue weighted by Gasteiger charge is -2.17. The van der Waals surface area contributed by atoms with Crippen molar-refractivity contribution in [1.29, 1.82) is 0 Å². The van der Waals surface area contributed by atoms with E-state index in [1.165, 1.54) is 9.75 Å². The Balaban J connectivity index is 0.00000338. The summed E-state index contributed by atoms with van der Waals surface area (Å²) in [6.45, 7) is 7.80. The molecule has 0 aliphatic heterocycles. The number of rotatable bonds is 7. The van der Waals surface area contributed by atoms with Crippen LogP contribution in [0.15, 0.2) is 35.3 Å². The van der Waals surface area contributed by atoms with Crippen LogP contribution in [0.25, 0.3) is 0 Å². The van der Waals surface area contributed by atoms with Gasteiger partial charge in [-0.1, -0.05) is 6.07 Å². The number of aromatic nitrogens is 1. The minimum absolute atomic E-state index is 0. The van der Waals surface area contributed by atoms with Crippen LogP contribution in [0.2, 0.25) is 0 Å². The summed E-state index contributed by atoms with van der Waals surface area (Å²) in [5.41, 5.74) is 0.963. The number of guanidine groups is 1. The van der Waals surface area contributed by atoms with E-state index in [1.54, 1.807) is 0 Å². The molecule has 2 N–H and O–H groups in total. The van der Waals surface area contributed by atoms with Gasteiger partial charge in [0.05, 0.1) is 12.2 Å². The number of pyridine rings is 1. The average molecular weight is 487 g/mol. The third-order valence-corrected chi connectivity index (χ3v) is 4.70. The minimum atomic E-state index is 0. The maximum Gasteiger partial charge on any atom is 0.191 e. The molecule has 2 heterocycles. The monoisotopic (exact) mass is 487 g/mol. The summed E-state index contributed by atoms with van der Waals surface area (Å²) in [5.74, 6) is 1.78. The molecular formula is C19H30IN5S. The van der Waals surface area contributed by atoms with Crippen molar-refractivity contribution in [2.45, 2.75) is 39.8 Å². The van der Waals surface area contributed by atoms with Crippen molar-refractivity contribution in [2.75, 3.05) is 25.5 Å². The van der Waals surface area contributed by atoms with E-state index in [-0.39, 0.29) is 24.0 Å². The zero-order valence-corrected chi connectivity index (χ0v) is 19.4. The molecule has 2 rings (SSSR count). The van der Waals surface area contributed by atoms with Crippen LogP contribution in [-0.2, 0) is 13.0 Å². The van der Waals surface area contributed by atoms with Gasteiger partial charge in [0.1, 0.15) is 5.82 Å². The Morgan fingerprint density at radius 1 is 1.27 bits per heavy atom. The zero-order valence-electron chi connectivity index (χ0n) is 16.2. The summed E-state index contributed by atoms with van der Waals surface area (Å²) in [6.07, 6.45) is 0.997. The average Bonchev–Trinajstić information content (AvgIpc) is 2.98. The van der Waals surface area contributed by atoms with Crippen LogP contribution in [0.5, 0.6) is 0 Å². The molecule has 26 heavy (non-hydrogen) atoms. The molecule has 0 aliphatic carbocycles. The van der Waals surface area contributed by atoms with E-state index >= 15 is 0 Å². The standard InChI is InChI=1S/C19H29N5S.HI/c1-6-20-19(22-14(2)12-17-11-10-15(3)25-17)21-13-16-8-7-9-18(23-16)24(4)5;/h7-11,14H,6,12-13H2,1-5H3,(H2,20,21,22);1H. The molecule has 0 aromatic carbocycles. The smallest absolute Gasteiger partial charge is 0.191 e. The summed E-state index contributed by atoms with van der Waals surface area (Å²) in [5, 5.41) is 6.81. The second-order valence-corrected chi connectivity index (χ2v) is 7.71. The Labute approximate surface area is 178 Å². The maximum absolute atomic E-state index is 4.69. The summed E-state index contributed by atoms with van der Waals surface area (Å²) in [4.78, 5) is 14.1. The summed E-state index contributed by atoms with van der Waals surface area (Å²) in [6, 6.07) is 10.7. The van der Waals surface area contributed by atoms with Crippen molar-refractivity contribution in [3.63, 3.8) is 0 Å². The number of anilines is 1. The Morgan fingerprint density at radius 2 is 2.04 bits per heavy atom. The second-order valence-electron chi connectivity index (χ2n) is 6.34. The van der Waals surface area contributed by atoms with E-state index in [0.717, 1.165) is 30.4 Å². The predicted molar refractivity (Wildman–Crippen MR) is 124 cm³/mol. The molecule has 5 nitrogen and oxygen atoms in total. The highest BCUT2D eigenvalue weighted by Gasteiger charge is 2.08. The van der Waals surface area contributed by atoms with E-state index in [0.29, 0.717) is 12.6 Å². The van der Waals surface area contributed by atoms with Crippen LogP contribution in [0.3, 0.4) is 0 Å². The van der Waals surface area contributed by atoms with Crippen molar-refractivity contribution < 1.29 is 0 Å². The maximum atomic E-state index is 4.69. The van der Waals surface area contributed by atoms with Crippen LogP contribution in [0.1, 0.15) is 29.3 Å². The largest absolute Gasteiger partial charge is 0.363 e. The summed E-state index contributed by atoms with van der Waals surface area (Å²) < 4.78 is 0. The predicted octanol–water partition coefficient (Wildman–Crippen LogP) is 3.82. The SMILES string of the molecule is CCNC(=NCc1cccc(N(C)C)n1)NC(C)Cc1ccc(C)s1.I. The van der Waals surface area contributed by atoms with Gasteiger partial charge in [0.25, 0.3) is 0 Å². The van der Waals surface area contributed by atoms with E-state index in [1.807, 2.05) is 48.5 Å². The van der Waals surface area contributed by atoms with Gasteiger partial charge in [-0.05, 0) is 45.0 Å². The summed E-state index contributed by atoms with van der Waals surface area (Å²) in [7, 11) is 3.99. The first kappa shape index (κ1) is 22.7. The van der Waals surface area contributed by atoms with Gasteiger partial charge in [-0.25, -0.2) is 9.98 Å². The molecule has 2 aromatic rings. The molecule has 0 bridgehead atoms. The van der Waals surface area contributed by atoms with Gasteiger partial charge in [0, 0.05) is 42.9 Å². The Hall–Kier alpha value is -1.35. The molecule has 0 saturated carbocycles. The fourth-order valence-corrected chi connectivity index (χ4v) is 3.48. The molecule has 0 aliphatic rings. The third-order valence-electron chi connectivity index (χ3n) is 3.68. The van der Waals surface area contributed by atoms with Crippen LogP contribution < -0.4 is 15.5 Å². The highest BCUT2D eigenvalue weighted by atomic mass is 127. The van der Waals surface area contributed by atoms with Crippen molar-refractivity contribution in [3.8, 4) is 0 Å². The van der Waals surface area contributed by atoms with E-state index in [4.69, 9.17) is 0 Å². The Morgan fingerprint density at radius 3 is 2.65 bits per heavy atom. The van der Waals surface area contributed by atoms with Crippen LogP contribution in [0.4, 0.5) is 5.82 Å². The number of hydrogen-bond donors (Lipinski definition) is 2. The van der Waals surface area contributed by atoms with Gasteiger partial charge >= 0.3 is 0 Å². The molecule has 2 aromatic heterocycles. The molecular weight excluding hydrogens is 457 g/mol. The molecule has 0 fully saturated rings. The minimum Gasteiger partial charge on any atom is -0.363 e. The lowest BCUT2D eigenvalue weighted by molar-refractivity contribution is 0.645. The second kappa shape index (κ2) is 11.4. The first-order chi connectivity index (χ1) is 12.0. The molecule has 0 saturated heterocycles. The van der Waals surface area contributed by atoms with Gasteiger partial charge < -0.3 is 15.5 Å². The molecule has 1 unspecified atom stereocenters. The number of thiophene rings is 1.